The summed E-state index contributed by atoms with van der Waals surface area (Å²) in [7, 11) is 0. The van der Waals surface area contributed by atoms with Gasteiger partial charge in [-0.25, -0.2) is 4.98 Å². The zero-order chi connectivity index (χ0) is 21.1. The highest BCUT2D eigenvalue weighted by atomic mass is 32.2. The molecule has 0 aliphatic carbocycles. The standard InChI is InChI=1S/C20H17N3O5S2/c1-12(30-15-5-3-14(4-6-15)23(25)26)19(24)22-20-21-16(11-29-20)13-2-7-17-18(10-13)28-9-8-27-17/h2-7,10-12H,8-9H2,1H3,(H,21,22,24). The number of non-ortho nitro benzene ring substituents is 1. The maximum Gasteiger partial charge on any atom is 0.269 e. The molecule has 4 rings (SSSR count). The van der Waals surface area contributed by atoms with Crippen LogP contribution in [0.5, 0.6) is 11.5 Å². The molecule has 1 aromatic heterocycles. The van der Waals surface area contributed by atoms with Gasteiger partial charge in [0, 0.05) is 28.0 Å². The van der Waals surface area contributed by atoms with E-state index in [0.29, 0.717) is 29.8 Å². The van der Waals surface area contributed by atoms with Crippen molar-refractivity contribution < 1.29 is 19.2 Å². The Balaban J connectivity index is 1.39. The average molecular weight is 444 g/mol. The second kappa shape index (κ2) is 8.72. The number of thiazole rings is 1. The molecule has 2 aromatic carbocycles. The van der Waals surface area contributed by atoms with Crippen LogP contribution < -0.4 is 14.8 Å². The van der Waals surface area contributed by atoms with Gasteiger partial charge in [-0.3, -0.25) is 14.9 Å². The quantitative estimate of drug-likeness (QED) is 0.337. The number of rotatable bonds is 6. The summed E-state index contributed by atoms with van der Waals surface area (Å²) in [4.78, 5) is 28.1. The molecule has 1 amide bonds. The van der Waals surface area contributed by atoms with Crippen LogP contribution in [-0.4, -0.2) is 34.3 Å². The van der Waals surface area contributed by atoms with Crippen LogP contribution in [0, 0.1) is 10.1 Å². The van der Waals surface area contributed by atoms with E-state index in [1.807, 2.05) is 23.6 Å². The summed E-state index contributed by atoms with van der Waals surface area (Å²) in [5.74, 6) is 1.21. The van der Waals surface area contributed by atoms with Crippen LogP contribution in [0.15, 0.2) is 52.7 Å². The molecule has 10 heteroatoms. The van der Waals surface area contributed by atoms with Gasteiger partial charge in [0.2, 0.25) is 5.91 Å². The van der Waals surface area contributed by atoms with Crippen molar-refractivity contribution in [2.45, 2.75) is 17.1 Å². The maximum absolute atomic E-state index is 12.5. The number of aromatic nitrogens is 1. The topological polar surface area (TPSA) is 104 Å². The number of ether oxygens (including phenoxy) is 2. The van der Waals surface area contributed by atoms with Crippen molar-refractivity contribution in [2.75, 3.05) is 18.5 Å². The summed E-state index contributed by atoms with van der Waals surface area (Å²) in [5.41, 5.74) is 1.64. The van der Waals surface area contributed by atoms with Gasteiger partial charge >= 0.3 is 0 Å². The van der Waals surface area contributed by atoms with Gasteiger partial charge in [-0.2, -0.15) is 0 Å². The number of carbonyl (C=O) groups excluding carboxylic acids is 1. The second-order valence-electron chi connectivity index (χ2n) is 6.40. The van der Waals surface area contributed by atoms with Gasteiger partial charge in [-0.1, -0.05) is 0 Å². The first-order chi connectivity index (χ1) is 14.5. The van der Waals surface area contributed by atoms with E-state index < -0.39 is 10.2 Å². The molecule has 1 unspecified atom stereocenters. The Morgan fingerprint density at radius 3 is 2.67 bits per heavy atom. The Labute approximate surface area is 180 Å². The molecule has 0 radical (unpaired) electrons. The average Bonchev–Trinajstić information content (AvgIpc) is 3.22. The fourth-order valence-electron chi connectivity index (χ4n) is 2.78. The molecule has 0 spiro atoms. The van der Waals surface area contributed by atoms with Crippen molar-refractivity contribution in [1.82, 2.24) is 4.98 Å². The molecule has 8 nitrogen and oxygen atoms in total. The molecule has 0 fully saturated rings. The zero-order valence-corrected chi connectivity index (χ0v) is 17.5. The summed E-state index contributed by atoms with van der Waals surface area (Å²) in [6.45, 7) is 2.82. The van der Waals surface area contributed by atoms with Crippen LogP contribution in [0.2, 0.25) is 0 Å². The Morgan fingerprint density at radius 2 is 1.93 bits per heavy atom. The molecule has 154 valence electrons. The van der Waals surface area contributed by atoms with Crippen LogP contribution in [0.4, 0.5) is 10.8 Å². The molecule has 0 saturated heterocycles. The second-order valence-corrected chi connectivity index (χ2v) is 8.67. The van der Waals surface area contributed by atoms with E-state index in [9.17, 15) is 14.9 Å². The molecule has 0 saturated carbocycles. The lowest BCUT2D eigenvalue weighted by molar-refractivity contribution is -0.384. The van der Waals surface area contributed by atoms with Gasteiger partial charge < -0.3 is 14.8 Å². The van der Waals surface area contributed by atoms with E-state index >= 15 is 0 Å². The number of hydrogen-bond acceptors (Lipinski definition) is 8. The van der Waals surface area contributed by atoms with Gasteiger partial charge in [-0.05, 0) is 37.3 Å². The molecule has 1 atom stereocenters. The van der Waals surface area contributed by atoms with E-state index in [2.05, 4.69) is 10.3 Å². The number of benzene rings is 2. The Hall–Kier alpha value is -3.11. The van der Waals surface area contributed by atoms with E-state index in [1.165, 1.54) is 35.2 Å². The lowest BCUT2D eigenvalue weighted by Gasteiger charge is -2.18. The zero-order valence-electron chi connectivity index (χ0n) is 15.9. The monoisotopic (exact) mass is 443 g/mol. The van der Waals surface area contributed by atoms with Gasteiger partial charge in [0.1, 0.15) is 13.2 Å². The fraction of sp³-hybridized carbons (Fsp3) is 0.200. The predicted octanol–water partition coefficient (Wildman–Crippen LogP) is 4.61. The minimum absolute atomic E-state index is 0.0194. The molecule has 30 heavy (non-hydrogen) atoms. The Bertz CT molecular complexity index is 1080. The highest BCUT2D eigenvalue weighted by Gasteiger charge is 2.18. The number of nitrogens with zero attached hydrogens (tertiary/aromatic N) is 2. The number of anilines is 1. The number of nitrogens with one attached hydrogen (secondary N) is 1. The number of nitro groups is 1. The molecule has 0 bridgehead atoms. The van der Waals surface area contributed by atoms with Gasteiger partial charge in [0.25, 0.3) is 5.69 Å². The third-order valence-corrected chi connectivity index (χ3v) is 6.17. The Kier molecular flexibility index (Phi) is 5.86. The van der Waals surface area contributed by atoms with Crippen molar-refractivity contribution in [3.63, 3.8) is 0 Å². The molecule has 3 aromatic rings. The van der Waals surface area contributed by atoms with Crippen LogP contribution in [0.1, 0.15) is 6.92 Å². The molecular formula is C20H17N3O5S2. The summed E-state index contributed by atoms with van der Waals surface area (Å²) in [6.07, 6.45) is 0. The van der Waals surface area contributed by atoms with Gasteiger partial charge in [0.15, 0.2) is 16.6 Å². The number of fused-ring (bicyclic) bond motifs is 1. The molecule has 1 aliphatic rings. The largest absolute Gasteiger partial charge is 0.486 e. The van der Waals surface area contributed by atoms with Crippen molar-refractivity contribution >= 4 is 39.8 Å². The van der Waals surface area contributed by atoms with Crippen LogP contribution >= 0.6 is 23.1 Å². The molecule has 1 N–H and O–H groups in total. The lowest BCUT2D eigenvalue weighted by atomic mass is 10.1. The van der Waals surface area contributed by atoms with E-state index in [-0.39, 0.29) is 11.6 Å². The minimum atomic E-state index is -0.452. The van der Waals surface area contributed by atoms with Crippen molar-refractivity contribution in [2.24, 2.45) is 0 Å². The smallest absolute Gasteiger partial charge is 0.269 e. The SMILES string of the molecule is CC(Sc1ccc([N+](=O)[O-])cc1)C(=O)Nc1nc(-c2ccc3c(c2)OCCO3)cs1. The van der Waals surface area contributed by atoms with E-state index in [0.717, 1.165) is 16.2 Å². The van der Waals surface area contributed by atoms with Gasteiger partial charge in [-0.15, -0.1) is 23.1 Å². The minimum Gasteiger partial charge on any atom is -0.486 e. The van der Waals surface area contributed by atoms with Crippen molar-refractivity contribution in [1.29, 1.82) is 0 Å². The lowest BCUT2D eigenvalue weighted by Crippen LogP contribution is -2.22. The maximum atomic E-state index is 12.5. The summed E-state index contributed by atoms with van der Waals surface area (Å²) >= 11 is 2.66. The number of thioether (sulfide) groups is 1. The third kappa shape index (κ3) is 4.55. The highest BCUT2D eigenvalue weighted by Crippen LogP contribution is 2.35. The molecule has 1 aliphatic heterocycles. The molecule has 2 heterocycles. The van der Waals surface area contributed by atoms with Crippen LogP contribution in [-0.2, 0) is 4.79 Å². The normalized spacial score (nSPS) is 13.5. The third-order valence-electron chi connectivity index (χ3n) is 4.30. The first-order valence-electron chi connectivity index (χ1n) is 9.07. The highest BCUT2D eigenvalue weighted by molar-refractivity contribution is 8.00. The number of carbonyl (C=O) groups is 1. The van der Waals surface area contributed by atoms with Gasteiger partial charge in [0.05, 0.1) is 15.9 Å². The number of nitro benzene ring substituents is 1. The van der Waals surface area contributed by atoms with Crippen LogP contribution in [0.3, 0.4) is 0 Å². The number of hydrogen-bond donors (Lipinski definition) is 1. The first-order valence-corrected chi connectivity index (χ1v) is 10.8. The fourth-order valence-corrected chi connectivity index (χ4v) is 4.37. The van der Waals surface area contributed by atoms with Crippen LogP contribution in [0.25, 0.3) is 11.3 Å². The van der Waals surface area contributed by atoms with E-state index in [4.69, 9.17) is 9.47 Å². The Morgan fingerprint density at radius 1 is 1.20 bits per heavy atom. The molecular weight excluding hydrogens is 426 g/mol. The van der Waals surface area contributed by atoms with Crippen molar-refractivity contribution in [3.05, 3.63) is 58.0 Å². The summed E-state index contributed by atoms with van der Waals surface area (Å²) in [6, 6.07) is 11.8. The summed E-state index contributed by atoms with van der Waals surface area (Å²) in [5, 5.41) is 15.5. The number of amides is 1. The van der Waals surface area contributed by atoms with E-state index in [1.54, 1.807) is 19.1 Å². The summed E-state index contributed by atoms with van der Waals surface area (Å²) < 4.78 is 11.1. The predicted molar refractivity (Wildman–Crippen MR) is 116 cm³/mol. The first kappa shape index (κ1) is 20.2. The van der Waals surface area contributed by atoms with Crippen molar-refractivity contribution in [3.8, 4) is 22.8 Å².